The second-order valence-electron chi connectivity index (χ2n) is 4.31. The molecule has 1 aromatic carbocycles. The molecule has 1 aromatic heterocycles. The maximum absolute atomic E-state index is 11.3. The highest BCUT2D eigenvalue weighted by Crippen LogP contribution is 2.29. The zero-order valence-electron chi connectivity index (χ0n) is 10.6. The van der Waals surface area contributed by atoms with E-state index in [1.54, 1.807) is 18.3 Å². The van der Waals surface area contributed by atoms with Gasteiger partial charge in [-0.25, -0.2) is 0 Å². The highest BCUT2D eigenvalue weighted by atomic mass is 79.9. The molecule has 0 aliphatic heterocycles. The Hall–Kier alpha value is -0.650. The molecule has 5 heteroatoms. The smallest absolute Gasteiger partial charge is 0.159 e. The molecule has 2 rings (SSSR count). The minimum Gasteiger partial charge on any atom is -0.369 e. The Morgan fingerprint density at radius 2 is 2.05 bits per heavy atom. The first-order valence-electron chi connectivity index (χ1n) is 5.72. The number of nitrogens with zero attached hydrogens (tertiary/aromatic N) is 1. The van der Waals surface area contributed by atoms with Crippen molar-refractivity contribution in [2.75, 3.05) is 11.9 Å². The topological polar surface area (TPSA) is 20.3 Å². The molecule has 0 N–H and O–H groups in total. The van der Waals surface area contributed by atoms with Gasteiger partial charge in [0.1, 0.15) is 0 Å². The molecule has 0 atom stereocenters. The molecule has 0 saturated carbocycles. The minimum atomic E-state index is 0.0806. The first-order chi connectivity index (χ1) is 8.97. The van der Waals surface area contributed by atoms with Gasteiger partial charge in [0.05, 0.1) is 12.2 Å². The summed E-state index contributed by atoms with van der Waals surface area (Å²) in [6.45, 7) is 2.42. The van der Waals surface area contributed by atoms with Gasteiger partial charge in [0.2, 0.25) is 0 Å². The van der Waals surface area contributed by atoms with Crippen molar-refractivity contribution in [3.05, 3.63) is 49.0 Å². The van der Waals surface area contributed by atoms with E-state index in [9.17, 15) is 4.79 Å². The number of thiophene rings is 1. The van der Waals surface area contributed by atoms with Gasteiger partial charge in [0, 0.05) is 31.8 Å². The Labute approximate surface area is 133 Å². The van der Waals surface area contributed by atoms with Crippen molar-refractivity contribution in [2.45, 2.75) is 13.5 Å². The maximum atomic E-state index is 11.3. The molecule has 2 aromatic rings. The number of benzene rings is 1. The highest BCUT2D eigenvalue weighted by Gasteiger charge is 2.10. The number of rotatable bonds is 4. The first-order valence-corrected chi connectivity index (χ1v) is 8.18. The number of hydrogen-bond donors (Lipinski definition) is 0. The number of carbonyl (C=O) groups excluding carboxylic acids is 1. The lowest BCUT2D eigenvalue weighted by Gasteiger charge is -2.20. The molecule has 0 bridgehead atoms. The molecular formula is C14H13Br2NOS. The van der Waals surface area contributed by atoms with Crippen LogP contribution in [0.4, 0.5) is 5.69 Å². The zero-order valence-corrected chi connectivity index (χ0v) is 14.6. The van der Waals surface area contributed by atoms with E-state index >= 15 is 0 Å². The van der Waals surface area contributed by atoms with Crippen LogP contribution < -0.4 is 4.90 Å². The second kappa shape index (κ2) is 6.20. The van der Waals surface area contributed by atoms with Gasteiger partial charge in [0.25, 0.3) is 0 Å². The van der Waals surface area contributed by atoms with Crippen LogP contribution in [0, 0.1) is 0 Å². The molecule has 19 heavy (non-hydrogen) atoms. The number of anilines is 1. The molecule has 0 saturated heterocycles. The fraction of sp³-hybridized carbons (Fsp3) is 0.214. The molecule has 0 radical (unpaired) electrons. The number of halogens is 2. The Balaban J connectivity index is 2.19. The third kappa shape index (κ3) is 3.68. The van der Waals surface area contributed by atoms with Crippen LogP contribution in [0.15, 0.2) is 38.6 Å². The van der Waals surface area contributed by atoms with Crippen molar-refractivity contribution < 1.29 is 4.79 Å². The van der Waals surface area contributed by atoms with E-state index in [0.29, 0.717) is 0 Å². The van der Waals surface area contributed by atoms with Gasteiger partial charge in [0.15, 0.2) is 5.78 Å². The third-order valence-corrected chi connectivity index (χ3v) is 5.10. The number of carbonyl (C=O) groups is 1. The monoisotopic (exact) mass is 401 g/mol. The summed E-state index contributed by atoms with van der Waals surface area (Å²) >= 11 is 8.73. The normalized spacial score (nSPS) is 10.5. The summed E-state index contributed by atoms with van der Waals surface area (Å²) in [7, 11) is 2.04. The summed E-state index contributed by atoms with van der Waals surface area (Å²) in [6.07, 6.45) is 0. The van der Waals surface area contributed by atoms with Crippen molar-refractivity contribution >= 4 is 54.7 Å². The number of ketones is 1. The lowest BCUT2D eigenvalue weighted by molar-refractivity contribution is 0.101. The fourth-order valence-corrected chi connectivity index (χ4v) is 3.98. The predicted octanol–water partition coefficient (Wildman–Crippen LogP) is 5.11. The lowest BCUT2D eigenvalue weighted by atomic mass is 10.1. The van der Waals surface area contributed by atoms with Crippen molar-refractivity contribution in [3.8, 4) is 0 Å². The van der Waals surface area contributed by atoms with E-state index in [2.05, 4.69) is 48.2 Å². The van der Waals surface area contributed by atoms with Gasteiger partial charge < -0.3 is 4.90 Å². The van der Waals surface area contributed by atoms with Crippen LogP contribution in [0.2, 0.25) is 0 Å². The summed E-state index contributed by atoms with van der Waals surface area (Å²) in [4.78, 5) is 14.8. The van der Waals surface area contributed by atoms with Gasteiger partial charge in [-0.2, -0.15) is 0 Å². The fourth-order valence-electron chi connectivity index (χ4n) is 1.79. The summed E-state index contributed by atoms with van der Waals surface area (Å²) < 4.78 is 2.06. The molecule has 1 heterocycles. The van der Waals surface area contributed by atoms with Gasteiger partial charge in [-0.15, -0.1) is 11.3 Å². The van der Waals surface area contributed by atoms with Crippen molar-refractivity contribution in [2.24, 2.45) is 0 Å². The highest BCUT2D eigenvalue weighted by molar-refractivity contribution is 9.10. The minimum absolute atomic E-state index is 0.0806. The van der Waals surface area contributed by atoms with Gasteiger partial charge in [-0.1, -0.05) is 0 Å². The first kappa shape index (κ1) is 14.8. The number of hydrogen-bond acceptors (Lipinski definition) is 3. The Morgan fingerprint density at radius 3 is 2.58 bits per heavy atom. The van der Waals surface area contributed by atoms with Crippen LogP contribution in [0.3, 0.4) is 0 Å². The number of Topliss-reactive ketones (excluding diaryl/α,β-unsaturated/α-hetero) is 1. The van der Waals surface area contributed by atoms with Crippen molar-refractivity contribution in [1.82, 2.24) is 0 Å². The Morgan fingerprint density at radius 1 is 1.32 bits per heavy atom. The van der Waals surface area contributed by atoms with Crippen LogP contribution in [0.25, 0.3) is 0 Å². The van der Waals surface area contributed by atoms with Crippen molar-refractivity contribution in [3.63, 3.8) is 0 Å². The van der Waals surface area contributed by atoms with E-state index in [0.717, 1.165) is 26.7 Å². The maximum Gasteiger partial charge on any atom is 0.159 e. The summed E-state index contributed by atoms with van der Waals surface area (Å²) in [5, 5.41) is 2.08. The van der Waals surface area contributed by atoms with Crippen LogP contribution >= 0.6 is 43.2 Å². The van der Waals surface area contributed by atoms with Crippen LogP contribution in [0.1, 0.15) is 22.2 Å². The zero-order chi connectivity index (χ0) is 14.0. The summed E-state index contributed by atoms with van der Waals surface area (Å²) in [5.41, 5.74) is 1.80. The Kier molecular flexibility index (Phi) is 4.81. The van der Waals surface area contributed by atoms with E-state index in [1.165, 1.54) is 4.88 Å². The lowest BCUT2D eigenvalue weighted by Crippen LogP contribution is -2.16. The van der Waals surface area contributed by atoms with Crippen LogP contribution in [-0.4, -0.2) is 12.8 Å². The standard InChI is InChI=1S/C14H13Br2NOS/c1-9(18)10-3-4-14(13(16)5-10)17(2)7-12-6-11(15)8-19-12/h3-6,8H,7H2,1-2H3. The molecule has 100 valence electrons. The van der Waals surface area contributed by atoms with Crippen molar-refractivity contribution in [1.29, 1.82) is 0 Å². The molecule has 0 amide bonds. The molecule has 0 aliphatic carbocycles. The van der Waals surface area contributed by atoms with E-state index in [-0.39, 0.29) is 5.78 Å². The molecule has 0 spiro atoms. The summed E-state index contributed by atoms with van der Waals surface area (Å²) in [5.74, 6) is 0.0806. The molecule has 0 aliphatic rings. The second-order valence-corrected chi connectivity index (χ2v) is 7.08. The van der Waals surface area contributed by atoms with Gasteiger partial charge in [-0.3, -0.25) is 4.79 Å². The molecule has 2 nitrogen and oxygen atoms in total. The molecular weight excluding hydrogens is 390 g/mol. The van der Waals surface area contributed by atoms with Gasteiger partial charge >= 0.3 is 0 Å². The average molecular weight is 403 g/mol. The largest absolute Gasteiger partial charge is 0.369 e. The molecule has 0 unspecified atom stereocenters. The predicted molar refractivity (Wildman–Crippen MR) is 88.3 cm³/mol. The van der Waals surface area contributed by atoms with Gasteiger partial charge in [-0.05, 0) is 63.0 Å². The average Bonchev–Trinajstić information content (AvgIpc) is 2.74. The van der Waals surface area contributed by atoms with E-state index in [1.807, 2.05) is 25.2 Å². The SMILES string of the molecule is CC(=O)c1ccc(N(C)Cc2cc(Br)cs2)c(Br)c1. The Bertz CT molecular complexity index is 609. The quantitative estimate of drug-likeness (QED) is 0.662. The molecule has 0 fully saturated rings. The van der Waals surface area contributed by atoms with E-state index < -0.39 is 0 Å². The van der Waals surface area contributed by atoms with Crippen LogP contribution in [0.5, 0.6) is 0 Å². The van der Waals surface area contributed by atoms with Crippen LogP contribution in [-0.2, 0) is 6.54 Å². The van der Waals surface area contributed by atoms with E-state index in [4.69, 9.17) is 0 Å². The third-order valence-electron chi connectivity index (χ3n) is 2.78. The summed E-state index contributed by atoms with van der Waals surface area (Å²) in [6, 6.07) is 7.84.